The van der Waals surface area contributed by atoms with E-state index in [2.05, 4.69) is 16.0 Å². The van der Waals surface area contributed by atoms with Crippen molar-refractivity contribution >= 4 is 35.2 Å². The Morgan fingerprint density at radius 2 is 1.71 bits per heavy atom. The number of hydrogen-bond donors (Lipinski definition) is 3. The third-order valence-electron chi connectivity index (χ3n) is 7.68. The maximum atomic E-state index is 13.8. The van der Waals surface area contributed by atoms with E-state index < -0.39 is 30.0 Å². The molecule has 0 spiro atoms. The number of fused-ring (bicyclic) bond motifs is 3. The Bertz CT molecular complexity index is 1450. The van der Waals surface area contributed by atoms with Gasteiger partial charge in [0.25, 0.3) is 0 Å². The van der Waals surface area contributed by atoms with E-state index in [1.54, 1.807) is 31.0 Å². The summed E-state index contributed by atoms with van der Waals surface area (Å²) in [6.07, 6.45) is 3.84. The van der Waals surface area contributed by atoms with Gasteiger partial charge in [0.05, 0.1) is 40.2 Å². The fourth-order valence-electron chi connectivity index (χ4n) is 5.62. The lowest BCUT2D eigenvalue weighted by Crippen LogP contribution is -2.49. The van der Waals surface area contributed by atoms with Crippen LogP contribution in [0.5, 0.6) is 17.2 Å². The highest BCUT2D eigenvalue weighted by Crippen LogP contribution is 2.50. The Hall–Kier alpha value is -3.93. The van der Waals surface area contributed by atoms with Gasteiger partial charge in [-0.2, -0.15) is 11.8 Å². The predicted octanol–water partition coefficient (Wildman–Crippen LogP) is 4.10. The van der Waals surface area contributed by atoms with Gasteiger partial charge in [-0.05, 0) is 78.5 Å². The minimum atomic E-state index is -0.815. The molecule has 45 heavy (non-hydrogen) atoms. The molecule has 0 unspecified atom stereocenters. The second-order valence-electron chi connectivity index (χ2n) is 11.3. The molecule has 0 bridgehead atoms. The van der Waals surface area contributed by atoms with Crippen molar-refractivity contribution in [2.75, 3.05) is 45.8 Å². The molecule has 3 N–H and O–H groups in total. The number of carbonyl (C=O) groups excluding carboxylic acids is 3. The van der Waals surface area contributed by atoms with Crippen LogP contribution in [0, 0.1) is 5.92 Å². The van der Waals surface area contributed by atoms with Crippen molar-refractivity contribution in [1.82, 2.24) is 10.6 Å². The fraction of sp³-hybridized carbons (Fsp3) is 0.515. The number of thioether (sulfide) groups is 1. The zero-order valence-corrected chi connectivity index (χ0v) is 28.1. The van der Waals surface area contributed by atoms with Crippen molar-refractivity contribution in [2.24, 2.45) is 5.92 Å². The van der Waals surface area contributed by atoms with Crippen molar-refractivity contribution in [1.29, 1.82) is 0 Å². The predicted molar refractivity (Wildman–Crippen MR) is 176 cm³/mol. The summed E-state index contributed by atoms with van der Waals surface area (Å²) < 4.78 is 22.0. The molecule has 11 nitrogen and oxygen atoms in total. The van der Waals surface area contributed by atoms with Gasteiger partial charge in [0.15, 0.2) is 11.5 Å². The van der Waals surface area contributed by atoms with Crippen molar-refractivity contribution in [2.45, 2.75) is 64.6 Å². The summed E-state index contributed by atoms with van der Waals surface area (Å²) in [5.74, 6) is 0.969. The standard InChI is InChI=1S/C33H45N3O8S/c1-18(2)15-26(33(40)44-7)36-32(39)25(13-14-45-8)35-24-12-10-21-22(17-27(24)38)23(34-19(3)37)11-9-20-16-28(41-4)30(42-5)31(43-6)29(20)21/h10,12,16-18,23,25-26H,9,11,13-15H2,1-8H3,(H,34,37)(H,35,38)(H,36,39)/t23-,25-,26-/m1/s1. The minimum Gasteiger partial charge on any atom is -0.493 e. The van der Waals surface area contributed by atoms with Crippen LogP contribution in [-0.2, 0) is 25.5 Å². The van der Waals surface area contributed by atoms with Crippen LogP contribution in [0.15, 0.2) is 29.1 Å². The highest BCUT2D eigenvalue weighted by Gasteiger charge is 2.31. The van der Waals surface area contributed by atoms with Gasteiger partial charge in [0.1, 0.15) is 12.1 Å². The molecule has 3 rings (SSSR count). The number of esters is 1. The van der Waals surface area contributed by atoms with E-state index in [0.29, 0.717) is 59.8 Å². The summed E-state index contributed by atoms with van der Waals surface area (Å²) in [5.41, 5.74) is 2.76. The molecule has 0 heterocycles. The Balaban J connectivity index is 2.17. The largest absolute Gasteiger partial charge is 0.493 e. The van der Waals surface area contributed by atoms with Crippen LogP contribution in [0.3, 0.4) is 0 Å². The SMILES string of the molecule is COC(=O)[C@@H](CC(C)C)NC(=O)[C@@H](CCSC)Nc1ccc2c(cc1=O)[C@H](NC(C)=O)CCc1cc(OC)c(OC)c(OC)c1-2. The van der Waals surface area contributed by atoms with E-state index in [9.17, 15) is 19.2 Å². The van der Waals surface area contributed by atoms with Crippen LogP contribution in [-0.4, -0.2) is 70.3 Å². The molecule has 0 aromatic heterocycles. The van der Waals surface area contributed by atoms with Crippen LogP contribution in [0.1, 0.15) is 57.2 Å². The van der Waals surface area contributed by atoms with Gasteiger partial charge in [-0.1, -0.05) is 19.9 Å². The first-order valence-corrected chi connectivity index (χ1v) is 16.3. The zero-order chi connectivity index (χ0) is 33.3. The number of benzene rings is 1. The van der Waals surface area contributed by atoms with Crippen LogP contribution in [0.2, 0.25) is 0 Å². The topological polar surface area (TPSA) is 141 Å². The molecule has 0 radical (unpaired) electrons. The van der Waals surface area contributed by atoms with Gasteiger partial charge in [-0.15, -0.1) is 0 Å². The summed E-state index contributed by atoms with van der Waals surface area (Å²) in [6, 6.07) is 4.75. The second kappa shape index (κ2) is 16.4. The minimum absolute atomic E-state index is 0.138. The second-order valence-corrected chi connectivity index (χ2v) is 12.3. The lowest BCUT2D eigenvalue weighted by atomic mass is 9.95. The first kappa shape index (κ1) is 35.5. The summed E-state index contributed by atoms with van der Waals surface area (Å²) in [5, 5.41) is 8.97. The number of methoxy groups -OCH3 is 4. The van der Waals surface area contributed by atoms with Crippen molar-refractivity contribution in [3.05, 3.63) is 45.6 Å². The summed E-state index contributed by atoms with van der Waals surface area (Å²) in [7, 11) is 5.91. The number of ether oxygens (including phenoxy) is 4. The van der Waals surface area contributed by atoms with Crippen LogP contribution in [0.4, 0.5) is 5.69 Å². The number of amides is 2. The third kappa shape index (κ3) is 8.62. The highest BCUT2D eigenvalue weighted by atomic mass is 32.2. The van der Waals surface area contributed by atoms with Gasteiger partial charge in [-0.25, -0.2) is 4.79 Å². The van der Waals surface area contributed by atoms with E-state index in [1.165, 1.54) is 34.3 Å². The summed E-state index contributed by atoms with van der Waals surface area (Å²) in [6.45, 7) is 5.35. The molecule has 3 atom stereocenters. The van der Waals surface area contributed by atoms with E-state index >= 15 is 0 Å². The number of anilines is 1. The van der Waals surface area contributed by atoms with Gasteiger partial charge < -0.3 is 34.9 Å². The van der Waals surface area contributed by atoms with Crippen molar-refractivity contribution < 1.29 is 33.3 Å². The average molecular weight is 644 g/mol. The van der Waals surface area contributed by atoms with E-state index in [-0.39, 0.29) is 22.9 Å². The van der Waals surface area contributed by atoms with Gasteiger partial charge in [-0.3, -0.25) is 14.4 Å². The van der Waals surface area contributed by atoms with Crippen molar-refractivity contribution in [3.8, 4) is 28.4 Å². The Kier molecular flexibility index (Phi) is 13.0. The molecular formula is C33H45N3O8S. The van der Waals surface area contributed by atoms with E-state index in [0.717, 1.165) is 11.1 Å². The number of rotatable bonds is 14. The Morgan fingerprint density at radius 1 is 1.00 bits per heavy atom. The molecule has 12 heteroatoms. The van der Waals surface area contributed by atoms with Crippen molar-refractivity contribution in [3.63, 3.8) is 0 Å². The van der Waals surface area contributed by atoms with Gasteiger partial charge in [0, 0.05) is 12.5 Å². The normalized spacial score (nSPS) is 15.0. The molecule has 2 aromatic carbocycles. The molecule has 0 aliphatic heterocycles. The first-order chi connectivity index (χ1) is 21.5. The average Bonchev–Trinajstić information content (AvgIpc) is 3.25. The molecule has 1 aliphatic rings. The molecule has 2 amide bonds. The fourth-order valence-corrected chi connectivity index (χ4v) is 6.09. The number of nitrogens with one attached hydrogen (secondary N) is 3. The molecule has 1 aliphatic carbocycles. The maximum Gasteiger partial charge on any atom is 0.328 e. The smallest absolute Gasteiger partial charge is 0.328 e. The molecular weight excluding hydrogens is 598 g/mol. The molecule has 0 saturated heterocycles. The van der Waals surface area contributed by atoms with E-state index in [4.69, 9.17) is 18.9 Å². The highest BCUT2D eigenvalue weighted by molar-refractivity contribution is 7.98. The lowest BCUT2D eigenvalue weighted by molar-refractivity contribution is -0.145. The first-order valence-electron chi connectivity index (χ1n) is 14.9. The Morgan fingerprint density at radius 3 is 2.29 bits per heavy atom. The molecule has 2 aromatic rings. The number of hydrogen-bond acceptors (Lipinski definition) is 10. The summed E-state index contributed by atoms with van der Waals surface area (Å²) in [4.78, 5) is 52.0. The van der Waals surface area contributed by atoms with E-state index in [1.807, 2.05) is 26.2 Å². The quantitative estimate of drug-likeness (QED) is 0.258. The monoisotopic (exact) mass is 643 g/mol. The number of carbonyl (C=O) groups is 3. The third-order valence-corrected chi connectivity index (χ3v) is 8.33. The van der Waals surface area contributed by atoms with Crippen LogP contribution < -0.4 is 35.6 Å². The Labute approximate surface area is 269 Å². The molecule has 246 valence electrons. The molecule has 0 fully saturated rings. The van der Waals surface area contributed by atoms with Crippen LogP contribution >= 0.6 is 11.8 Å². The maximum absolute atomic E-state index is 13.8. The zero-order valence-electron chi connectivity index (χ0n) is 27.3. The van der Waals surface area contributed by atoms with Gasteiger partial charge >= 0.3 is 5.97 Å². The molecule has 0 saturated carbocycles. The summed E-state index contributed by atoms with van der Waals surface area (Å²) >= 11 is 1.57. The number of aryl methyl sites for hydroxylation is 1. The van der Waals surface area contributed by atoms with Crippen LogP contribution in [0.25, 0.3) is 11.1 Å². The lowest BCUT2D eigenvalue weighted by Gasteiger charge is -2.23. The van der Waals surface area contributed by atoms with Gasteiger partial charge in [0.2, 0.25) is 23.0 Å².